The van der Waals surface area contributed by atoms with Gasteiger partial charge in [0.1, 0.15) is 0 Å². The molecule has 8 nitrogen and oxygen atoms in total. The molecule has 32 heavy (non-hydrogen) atoms. The summed E-state index contributed by atoms with van der Waals surface area (Å²) in [4.78, 5) is 33.8. The Bertz CT molecular complexity index is 928. The molecule has 0 aliphatic rings. The van der Waals surface area contributed by atoms with E-state index in [-0.39, 0.29) is 11.8 Å². The van der Waals surface area contributed by atoms with Crippen molar-refractivity contribution < 1.29 is 14.8 Å². The van der Waals surface area contributed by atoms with E-state index in [0.717, 1.165) is 24.9 Å². The molecule has 0 fully saturated rings. The number of aromatic nitrogens is 2. The highest BCUT2D eigenvalue weighted by Crippen LogP contribution is 2.29. The van der Waals surface area contributed by atoms with Crippen molar-refractivity contribution in [3.63, 3.8) is 0 Å². The molecule has 0 bridgehead atoms. The molecule has 0 unspecified atom stereocenters. The van der Waals surface area contributed by atoms with Gasteiger partial charge in [0.05, 0.1) is 11.3 Å². The van der Waals surface area contributed by atoms with Gasteiger partial charge in [0, 0.05) is 36.1 Å². The molecular weight excluding hydrogens is 430 g/mol. The van der Waals surface area contributed by atoms with E-state index in [1.807, 2.05) is 30.3 Å². The van der Waals surface area contributed by atoms with Gasteiger partial charge in [-0.2, -0.15) is 0 Å². The summed E-state index contributed by atoms with van der Waals surface area (Å²) in [7, 11) is 0. The highest BCUT2D eigenvalue weighted by atomic mass is 35.5. The number of allylic oxidation sites excluding steroid dienone is 2. The smallest absolute Gasteiger partial charge is 0.254 e. The third-order valence-electron chi connectivity index (χ3n) is 4.64. The quantitative estimate of drug-likeness (QED) is 0.188. The molecule has 0 aliphatic heterocycles. The Kier molecular flexibility index (Phi) is 10.4. The van der Waals surface area contributed by atoms with Crippen LogP contribution in [0.5, 0.6) is 0 Å². The van der Waals surface area contributed by atoms with E-state index in [2.05, 4.69) is 21.9 Å². The van der Waals surface area contributed by atoms with Crippen LogP contribution in [-0.4, -0.2) is 33.5 Å². The third kappa shape index (κ3) is 7.47. The molecule has 0 saturated heterocycles. The number of nitrogens with zero attached hydrogens (tertiary/aromatic N) is 3. The van der Waals surface area contributed by atoms with Gasteiger partial charge in [0.15, 0.2) is 0 Å². The number of carbonyl (C=O) groups is 2. The topological polar surface area (TPSA) is 107 Å². The van der Waals surface area contributed by atoms with Crippen molar-refractivity contribution in [2.75, 3.05) is 11.4 Å². The van der Waals surface area contributed by atoms with E-state index in [0.29, 0.717) is 41.6 Å². The average molecular weight is 458 g/mol. The molecule has 1 aromatic carbocycles. The van der Waals surface area contributed by atoms with Crippen LogP contribution in [0.15, 0.2) is 66.1 Å². The molecule has 170 valence electrons. The maximum absolute atomic E-state index is 12.4. The molecule has 0 atom stereocenters. The lowest BCUT2D eigenvalue weighted by Crippen LogP contribution is -2.25. The maximum Gasteiger partial charge on any atom is 0.254 e. The fourth-order valence-corrected chi connectivity index (χ4v) is 3.16. The number of amides is 2. The van der Waals surface area contributed by atoms with E-state index in [1.165, 1.54) is 12.4 Å². The Labute approximate surface area is 193 Å². The zero-order valence-corrected chi connectivity index (χ0v) is 18.8. The Balaban J connectivity index is 1.97. The van der Waals surface area contributed by atoms with Gasteiger partial charge in [-0.25, -0.2) is 15.4 Å². The predicted octanol–water partition coefficient (Wildman–Crippen LogP) is 4.46. The lowest BCUT2D eigenvalue weighted by molar-refractivity contribution is -0.129. The maximum atomic E-state index is 12.4. The normalized spacial score (nSPS) is 11.3. The number of benzene rings is 1. The molecule has 2 amide bonds. The molecule has 0 spiro atoms. The molecule has 0 radical (unpaired) electrons. The number of rotatable bonds is 12. The number of halogens is 1. The summed E-state index contributed by atoms with van der Waals surface area (Å²) >= 11 is 6.26. The van der Waals surface area contributed by atoms with Crippen LogP contribution in [-0.2, 0) is 4.79 Å². The number of para-hydroxylation sites is 1. The second-order valence-electron chi connectivity index (χ2n) is 7.02. The fraction of sp³-hybridized carbons (Fsp3) is 0.304. The summed E-state index contributed by atoms with van der Waals surface area (Å²) in [5.41, 5.74) is 3.43. The molecule has 0 aliphatic carbocycles. The largest absolute Gasteiger partial charge is 0.352 e. The van der Waals surface area contributed by atoms with Crippen molar-refractivity contribution >= 4 is 35.1 Å². The van der Waals surface area contributed by atoms with E-state index in [9.17, 15) is 9.59 Å². The second kappa shape index (κ2) is 13.2. The van der Waals surface area contributed by atoms with Crippen LogP contribution in [0, 0.1) is 0 Å². The first-order valence-electron chi connectivity index (χ1n) is 10.3. The van der Waals surface area contributed by atoms with Crippen molar-refractivity contribution in [2.45, 2.75) is 39.0 Å². The van der Waals surface area contributed by atoms with E-state index in [1.54, 1.807) is 23.4 Å². The van der Waals surface area contributed by atoms with Crippen LogP contribution in [0.2, 0.25) is 0 Å². The standard InChI is InChI=1S/C23H28ClN5O3/c1-3-20(17(2)24)29(19-11-7-6-8-12-19)23-26-15-18(16-27-23)22(31)25-14-10-5-4-9-13-21(30)28-32/h3,6-8,11-12,15-16,32H,1,4-5,9-10,13-14H2,2H3,(H,25,31)(H,28,30)/b20-17-. The van der Waals surface area contributed by atoms with Crippen LogP contribution in [0.1, 0.15) is 49.4 Å². The monoisotopic (exact) mass is 457 g/mol. The third-order valence-corrected chi connectivity index (χ3v) is 4.84. The van der Waals surface area contributed by atoms with Crippen molar-refractivity contribution in [2.24, 2.45) is 0 Å². The van der Waals surface area contributed by atoms with E-state index in [4.69, 9.17) is 16.8 Å². The van der Waals surface area contributed by atoms with Gasteiger partial charge < -0.3 is 5.32 Å². The Morgan fingerprint density at radius 2 is 1.78 bits per heavy atom. The van der Waals surface area contributed by atoms with Gasteiger partial charge >= 0.3 is 0 Å². The highest BCUT2D eigenvalue weighted by molar-refractivity contribution is 6.30. The SMILES string of the molecule is C=C/C(=C(\C)Cl)N(c1ccccc1)c1ncc(C(=O)NCCCCCCC(=O)NO)cn1. The van der Waals surface area contributed by atoms with Crippen molar-refractivity contribution in [3.8, 4) is 0 Å². The zero-order valence-electron chi connectivity index (χ0n) is 18.1. The summed E-state index contributed by atoms with van der Waals surface area (Å²) in [5, 5.41) is 11.8. The summed E-state index contributed by atoms with van der Waals surface area (Å²) < 4.78 is 0. The van der Waals surface area contributed by atoms with Crippen LogP contribution in [0.3, 0.4) is 0 Å². The molecule has 0 saturated carbocycles. The Hall–Kier alpha value is -3.23. The van der Waals surface area contributed by atoms with Crippen LogP contribution in [0.25, 0.3) is 0 Å². The first-order valence-corrected chi connectivity index (χ1v) is 10.7. The summed E-state index contributed by atoms with van der Waals surface area (Å²) in [5.74, 6) is -0.269. The number of hydroxylamine groups is 1. The summed E-state index contributed by atoms with van der Waals surface area (Å²) in [6.45, 7) is 6.11. The van der Waals surface area contributed by atoms with Gasteiger partial charge in [-0.05, 0) is 38.0 Å². The van der Waals surface area contributed by atoms with Gasteiger partial charge in [-0.15, -0.1) is 0 Å². The molecular formula is C23H28ClN5O3. The fourth-order valence-electron chi connectivity index (χ4n) is 3.00. The molecule has 1 heterocycles. The van der Waals surface area contributed by atoms with E-state index < -0.39 is 0 Å². The summed E-state index contributed by atoms with van der Waals surface area (Å²) in [6, 6.07) is 9.52. The number of anilines is 2. The van der Waals surface area contributed by atoms with Crippen LogP contribution >= 0.6 is 11.6 Å². The van der Waals surface area contributed by atoms with Gasteiger partial charge in [0.25, 0.3) is 5.91 Å². The van der Waals surface area contributed by atoms with Crippen molar-refractivity contribution in [1.82, 2.24) is 20.8 Å². The highest BCUT2D eigenvalue weighted by Gasteiger charge is 2.18. The molecule has 2 rings (SSSR count). The first-order chi connectivity index (χ1) is 15.5. The zero-order chi connectivity index (χ0) is 23.3. The Morgan fingerprint density at radius 1 is 1.12 bits per heavy atom. The summed E-state index contributed by atoms with van der Waals surface area (Å²) in [6.07, 6.45) is 8.07. The Morgan fingerprint density at radius 3 is 2.38 bits per heavy atom. The number of unbranched alkanes of at least 4 members (excludes halogenated alkanes) is 3. The van der Waals surface area contributed by atoms with Crippen LogP contribution < -0.4 is 15.7 Å². The minimum absolute atomic E-state index is 0.254. The average Bonchev–Trinajstić information content (AvgIpc) is 2.81. The van der Waals surface area contributed by atoms with Gasteiger partial charge in [-0.3, -0.25) is 19.7 Å². The number of hydrogen-bond donors (Lipinski definition) is 3. The number of hydrogen-bond acceptors (Lipinski definition) is 6. The van der Waals surface area contributed by atoms with Crippen molar-refractivity contribution in [1.29, 1.82) is 0 Å². The second-order valence-corrected chi connectivity index (χ2v) is 7.59. The predicted molar refractivity (Wildman–Crippen MR) is 125 cm³/mol. The lowest BCUT2D eigenvalue weighted by atomic mass is 10.1. The van der Waals surface area contributed by atoms with Crippen LogP contribution in [0.4, 0.5) is 11.6 Å². The number of carbonyl (C=O) groups excluding carboxylic acids is 2. The molecule has 9 heteroatoms. The minimum atomic E-state index is -0.385. The number of nitrogens with one attached hydrogen (secondary N) is 2. The van der Waals surface area contributed by atoms with E-state index >= 15 is 0 Å². The van der Waals surface area contributed by atoms with Gasteiger partial charge in [0.2, 0.25) is 11.9 Å². The molecule has 2 aromatic rings. The van der Waals surface area contributed by atoms with Crippen molar-refractivity contribution in [3.05, 3.63) is 71.7 Å². The molecule has 3 N–H and O–H groups in total. The van der Waals surface area contributed by atoms with Gasteiger partial charge in [-0.1, -0.05) is 49.2 Å². The first kappa shape index (κ1) is 25.0. The lowest BCUT2D eigenvalue weighted by Gasteiger charge is -2.24. The molecule has 1 aromatic heterocycles. The minimum Gasteiger partial charge on any atom is -0.352 e.